The van der Waals surface area contributed by atoms with Crippen molar-refractivity contribution >= 4 is 5.97 Å². The Morgan fingerprint density at radius 2 is 1.90 bits per heavy atom. The molecule has 2 aromatic rings. The summed E-state index contributed by atoms with van der Waals surface area (Å²) < 4.78 is 11.7. The molecule has 5 heteroatoms. The predicted molar refractivity (Wildman–Crippen MR) is 114 cm³/mol. The maximum Gasteiger partial charge on any atom is 0.304 e. The SMILES string of the molecule is CC#C[C@@H](CC(=O)O)c1ccc(OCc2cccc(CN3CC4CC(C3)O4)c2)cc1. The van der Waals surface area contributed by atoms with Crippen LogP contribution in [0.15, 0.2) is 48.5 Å². The quantitative estimate of drug-likeness (QED) is 0.677. The standard InChI is InChI=1S/C25H27NO4/c1-2-4-21(12-25(27)28)20-7-9-22(10-8-20)29-17-19-6-3-5-18(11-19)14-26-15-23-13-24(16-26)30-23/h3,5-11,21,23-24H,12-17H2,1H3,(H,27,28)/t21-,23?,24?/m0/s1. The Kier molecular flexibility index (Phi) is 6.37. The lowest BCUT2D eigenvalue weighted by molar-refractivity contribution is -0.182. The van der Waals surface area contributed by atoms with Crippen molar-refractivity contribution in [1.82, 2.24) is 4.90 Å². The normalized spacial score (nSPS) is 21.1. The molecule has 0 saturated carbocycles. The van der Waals surface area contributed by atoms with Crippen molar-refractivity contribution in [3.05, 3.63) is 65.2 Å². The minimum absolute atomic E-state index is 0.00152. The highest BCUT2D eigenvalue weighted by Gasteiger charge is 2.37. The average Bonchev–Trinajstić information content (AvgIpc) is 2.72. The summed E-state index contributed by atoms with van der Waals surface area (Å²) in [4.78, 5) is 13.5. The molecule has 0 spiro atoms. The van der Waals surface area contributed by atoms with Crippen LogP contribution in [0.3, 0.4) is 0 Å². The fraction of sp³-hybridized carbons (Fsp3) is 0.400. The zero-order valence-electron chi connectivity index (χ0n) is 17.2. The molecule has 1 N–H and O–H groups in total. The van der Waals surface area contributed by atoms with Gasteiger partial charge in [0, 0.05) is 26.1 Å². The number of hydrogen-bond acceptors (Lipinski definition) is 4. The van der Waals surface area contributed by atoms with Crippen LogP contribution in [-0.2, 0) is 22.7 Å². The van der Waals surface area contributed by atoms with Gasteiger partial charge in [-0.1, -0.05) is 42.3 Å². The molecule has 3 aliphatic rings. The lowest BCUT2D eigenvalue weighted by Gasteiger charge is -2.47. The van der Waals surface area contributed by atoms with Gasteiger partial charge in [-0.3, -0.25) is 9.69 Å². The summed E-state index contributed by atoms with van der Waals surface area (Å²) >= 11 is 0. The van der Waals surface area contributed by atoms with Crippen molar-refractivity contribution in [3.63, 3.8) is 0 Å². The fourth-order valence-electron chi connectivity index (χ4n) is 4.21. The molecule has 3 atom stereocenters. The minimum Gasteiger partial charge on any atom is -0.489 e. The lowest BCUT2D eigenvalue weighted by atomic mass is 9.96. The van der Waals surface area contributed by atoms with E-state index >= 15 is 0 Å². The monoisotopic (exact) mass is 405 g/mol. The van der Waals surface area contributed by atoms with Crippen molar-refractivity contribution in [1.29, 1.82) is 0 Å². The van der Waals surface area contributed by atoms with Gasteiger partial charge in [-0.25, -0.2) is 0 Å². The zero-order valence-corrected chi connectivity index (χ0v) is 17.2. The van der Waals surface area contributed by atoms with E-state index in [2.05, 4.69) is 41.0 Å². The Labute approximate surface area is 177 Å². The molecule has 2 bridgehead atoms. The van der Waals surface area contributed by atoms with Gasteiger partial charge in [0.15, 0.2) is 0 Å². The second-order valence-corrected chi connectivity index (χ2v) is 8.03. The van der Waals surface area contributed by atoms with Crippen LogP contribution in [0.2, 0.25) is 0 Å². The largest absolute Gasteiger partial charge is 0.489 e. The Balaban J connectivity index is 1.33. The second kappa shape index (κ2) is 9.34. The molecular formula is C25H27NO4. The summed E-state index contributed by atoms with van der Waals surface area (Å²) in [5, 5.41) is 9.08. The van der Waals surface area contributed by atoms with E-state index in [0.717, 1.165) is 36.5 Å². The van der Waals surface area contributed by atoms with Crippen LogP contribution in [0.1, 0.15) is 42.4 Å². The highest BCUT2D eigenvalue weighted by molar-refractivity contribution is 5.69. The number of carboxylic acid groups (broad SMARTS) is 1. The van der Waals surface area contributed by atoms with E-state index in [4.69, 9.17) is 14.6 Å². The van der Waals surface area contributed by atoms with Crippen LogP contribution < -0.4 is 4.74 Å². The smallest absolute Gasteiger partial charge is 0.304 e. The van der Waals surface area contributed by atoms with Crippen molar-refractivity contribution in [2.45, 2.75) is 51.0 Å². The number of nitrogens with zero attached hydrogens (tertiary/aromatic N) is 1. The Morgan fingerprint density at radius 1 is 1.20 bits per heavy atom. The Bertz CT molecular complexity index is 928. The van der Waals surface area contributed by atoms with Crippen LogP contribution in [0, 0.1) is 11.8 Å². The van der Waals surface area contributed by atoms with Gasteiger partial charge >= 0.3 is 5.97 Å². The van der Waals surface area contributed by atoms with Gasteiger partial charge in [0.25, 0.3) is 0 Å². The summed E-state index contributed by atoms with van der Waals surface area (Å²) in [6, 6.07) is 16.1. The van der Waals surface area contributed by atoms with E-state index in [1.165, 1.54) is 12.0 Å². The van der Waals surface area contributed by atoms with E-state index in [9.17, 15) is 4.79 Å². The first-order valence-corrected chi connectivity index (χ1v) is 10.4. The number of ether oxygens (including phenoxy) is 2. The summed E-state index contributed by atoms with van der Waals surface area (Å²) in [5.41, 5.74) is 3.32. The summed E-state index contributed by atoms with van der Waals surface area (Å²) in [7, 11) is 0. The molecule has 0 amide bonds. The third kappa shape index (κ3) is 5.21. The highest BCUT2D eigenvalue weighted by Crippen LogP contribution is 2.29. The van der Waals surface area contributed by atoms with E-state index in [1.54, 1.807) is 6.92 Å². The average molecular weight is 405 g/mol. The van der Waals surface area contributed by atoms with Crippen molar-refractivity contribution in [2.24, 2.45) is 0 Å². The van der Waals surface area contributed by atoms with Crippen LogP contribution in [0.25, 0.3) is 0 Å². The molecule has 156 valence electrons. The van der Waals surface area contributed by atoms with Gasteiger partial charge < -0.3 is 14.6 Å². The molecule has 0 aliphatic carbocycles. The van der Waals surface area contributed by atoms with E-state index in [1.807, 2.05) is 24.3 Å². The maximum absolute atomic E-state index is 11.1. The van der Waals surface area contributed by atoms with Crippen LogP contribution in [0.4, 0.5) is 0 Å². The summed E-state index contributed by atoms with van der Waals surface area (Å²) in [5.74, 6) is 5.40. The van der Waals surface area contributed by atoms with Gasteiger partial charge in [-0.05, 0) is 35.7 Å². The van der Waals surface area contributed by atoms with E-state index in [0.29, 0.717) is 18.8 Å². The van der Waals surface area contributed by atoms with Gasteiger partial charge in [-0.2, -0.15) is 0 Å². The molecule has 3 saturated heterocycles. The molecule has 30 heavy (non-hydrogen) atoms. The number of piperidine rings is 1. The Hall–Kier alpha value is -2.81. The molecule has 5 rings (SSSR count). The van der Waals surface area contributed by atoms with Gasteiger partial charge in [-0.15, -0.1) is 5.92 Å². The molecule has 2 aromatic carbocycles. The van der Waals surface area contributed by atoms with E-state index in [-0.39, 0.29) is 12.3 Å². The summed E-state index contributed by atoms with van der Waals surface area (Å²) in [6.07, 6.45) is 2.07. The zero-order chi connectivity index (χ0) is 20.9. The third-order valence-electron chi connectivity index (χ3n) is 5.62. The number of fused-ring (bicyclic) bond motifs is 2. The third-order valence-corrected chi connectivity index (χ3v) is 5.62. The lowest BCUT2D eigenvalue weighted by Crippen LogP contribution is -2.56. The number of carbonyl (C=O) groups is 1. The second-order valence-electron chi connectivity index (χ2n) is 8.03. The van der Waals surface area contributed by atoms with Crippen molar-refractivity contribution in [2.75, 3.05) is 13.1 Å². The molecule has 0 aromatic heterocycles. The number of hydrogen-bond donors (Lipinski definition) is 1. The molecular weight excluding hydrogens is 378 g/mol. The van der Waals surface area contributed by atoms with E-state index < -0.39 is 5.97 Å². The number of carboxylic acids is 1. The first-order valence-electron chi connectivity index (χ1n) is 10.4. The fourth-order valence-corrected chi connectivity index (χ4v) is 4.21. The topological polar surface area (TPSA) is 59.0 Å². The van der Waals surface area contributed by atoms with Crippen molar-refractivity contribution < 1.29 is 19.4 Å². The minimum atomic E-state index is -0.850. The molecule has 3 fully saturated rings. The Morgan fingerprint density at radius 3 is 2.57 bits per heavy atom. The van der Waals surface area contributed by atoms with Crippen molar-refractivity contribution in [3.8, 4) is 17.6 Å². The highest BCUT2D eigenvalue weighted by atomic mass is 16.5. The van der Waals surface area contributed by atoms with Gasteiger partial charge in [0.1, 0.15) is 12.4 Å². The van der Waals surface area contributed by atoms with Gasteiger partial charge in [0.2, 0.25) is 0 Å². The molecule has 3 heterocycles. The van der Waals surface area contributed by atoms with Crippen LogP contribution >= 0.6 is 0 Å². The molecule has 5 nitrogen and oxygen atoms in total. The van der Waals surface area contributed by atoms with Gasteiger partial charge in [0.05, 0.1) is 24.5 Å². The number of benzene rings is 2. The summed E-state index contributed by atoms with van der Waals surface area (Å²) in [6.45, 7) is 5.21. The number of rotatable bonds is 8. The maximum atomic E-state index is 11.1. The van der Waals surface area contributed by atoms with Crippen LogP contribution in [-0.4, -0.2) is 41.3 Å². The number of aliphatic carboxylic acids is 1. The molecule has 0 radical (unpaired) electrons. The molecule has 3 aliphatic heterocycles. The molecule has 2 unspecified atom stereocenters. The van der Waals surface area contributed by atoms with Crippen LogP contribution in [0.5, 0.6) is 5.75 Å². The first-order chi connectivity index (χ1) is 14.6. The number of morpholine rings is 1. The predicted octanol–water partition coefficient (Wildman–Crippen LogP) is 3.82. The first kappa shape index (κ1) is 20.5.